The van der Waals surface area contributed by atoms with Crippen molar-refractivity contribution >= 4 is 23.8 Å². The molecule has 0 saturated heterocycles. The van der Waals surface area contributed by atoms with Crippen LogP contribution in [-0.4, -0.2) is 36.3 Å². The van der Waals surface area contributed by atoms with Crippen LogP contribution in [0.4, 0.5) is 0 Å². The number of benzene rings is 2. The first-order valence-corrected chi connectivity index (χ1v) is 10.4. The van der Waals surface area contributed by atoms with Gasteiger partial charge in [0.2, 0.25) is 11.8 Å². The van der Waals surface area contributed by atoms with E-state index in [0.717, 1.165) is 11.1 Å². The predicted octanol–water partition coefficient (Wildman–Crippen LogP) is 2.26. The highest BCUT2D eigenvalue weighted by Gasteiger charge is 2.23. The van der Waals surface area contributed by atoms with Crippen molar-refractivity contribution < 1.29 is 28.7 Å². The summed E-state index contributed by atoms with van der Waals surface area (Å²) in [5, 5.41) is 5.10. The minimum absolute atomic E-state index is 0.000495. The number of carbonyl (C=O) groups excluding carboxylic acids is 4. The molecular weight excluding hydrogens is 412 g/mol. The normalized spacial score (nSPS) is 11.2. The highest BCUT2D eigenvalue weighted by atomic mass is 16.5. The maximum absolute atomic E-state index is 12.6. The summed E-state index contributed by atoms with van der Waals surface area (Å²) in [5.41, 5.74) is 1.66. The summed E-state index contributed by atoms with van der Waals surface area (Å²) in [4.78, 5) is 47.8. The third-order valence-electron chi connectivity index (χ3n) is 4.45. The second kappa shape index (κ2) is 13.6. The molecule has 2 aromatic rings. The number of carbonyl (C=O) groups is 4. The van der Waals surface area contributed by atoms with E-state index in [2.05, 4.69) is 10.6 Å². The first kappa shape index (κ1) is 24.6. The zero-order valence-electron chi connectivity index (χ0n) is 18.0. The van der Waals surface area contributed by atoms with E-state index in [1.807, 2.05) is 60.7 Å². The minimum Gasteiger partial charge on any atom is -0.461 e. The Kier molecular flexibility index (Phi) is 10.4. The van der Waals surface area contributed by atoms with Crippen molar-refractivity contribution in [2.24, 2.45) is 0 Å². The molecule has 8 heteroatoms. The van der Waals surface area contributed by atoms with Gasteiger partial charge in [-0.1, -0.05) is 60.7 Å². The lowest BCUT2D eigenvalue weighted by Gasteiger charge is -2.18. The summed E-state index contributed by atoms with van der Waals surface area (Å²) in [5.74, 6) is -1.81. The fraction of sp³-hybridized carbons (Fsp3) is 0.333. The fourth-order valence-electron chi connectivity index (χ4n) is 2.77. The van der Waals surface area contributed by atoms with Gasteiger partial charge in [0.15, 0.2) is 0 Å². The Morgan fingerprint density at radius 2 is 1.38 bits per heavy atom. The van der Waals surface area contributed by atoms with Crippen molar-refractivity contribution in [3.8, 4) is 0 Å². The van der Waals surface area contributed by atoms with Gasteiger partial charge >= 0.3 is 11.9 Å². The summed E-state index contributed by atoms with van der Waals surface area (Å²) < 4.78 is 10.6. The summed E-state index contributed by atoms with van der Waals surface area (Å²) in [7, 11) is 0. The molecule has 0 fully saturated rings. The SMILES string of the molecule is CC(=O)NCCC(=O)N[C@H](CCC(=O)OCc1ccccc1)C(=O)OCc1ccccc1. The monoisotopic (exact) mass is 440 g/mol. The van der Waals surface area contributed by atoms with E-state index in [9.17, 15) is 19.2 Å². The van der Waals surface area contributed by atoms with Crippen LogP contribution in [-0.2, 0) is 41.9 Å². The summed E-state index contributed by atoms with van der Waals surface area (Å²) in [6.07, 6.45) is -0.0302. The van der Waals surface area contributed by atoms with Crippen LogP contribution in [0, 0.1) is 0 Å². The van der Waals surface area contributed by atoms with Crippen molar-refractivity contribution in [3.05, 3.63) is 71.8 Å². The molecule has 2 aromatic carbocycles. The van der Waals surface area contributed by atoms with Gasteiger partial charge in [-0.3, -0.25) is 14.4 Å². The summed E-state index contributed by atoms with van der Waals surface area (Å²) >= 11 is 0. The van der Waals surface area contributed by atoms with Gasteiger partial charge in [-0.15, -0.1) is 0 Å². The van der Waals surface area contributed by atoms with Crippen LogP contribution in [0.5, 0.6) is 0 Å². The summed E-state index contributed by atoms with van der Waals surface area (Å²) in [6.45, 7) is 1.68. The Morgan fingerprint density at radius 1 is 0.812 bits per heavy atom. The van der Waals surface area contributed by atoms with E-state index >= 15 is 0 Å². The van der Waals surface area contributed by atoms with Crippen LogP contribution in [0.3, 0.4) is 0 Å². The Bertz CT molecular complexity index is 886. The van der Waals surface area contributed by atoms with Crippen LogP contribution in [0.1, 0.15) is 37.3 Å². The van der Waals surface area contributed by atoms with Gasteiger partial charge in [-0.25, -0.2) is 4.79 Å². The van der Waals surface area contributed by atoms with Gasteiger partial charge in [-0.2, -0.15) is 0 Å². The molecular formula is C24H28N2O6. The third kappa shape index (κ3) is 9.88. The Hall–Kier alpha value is -3.68. The van der Waals surface area contributed by atoms with Gasteiger partial charge < -0.3 is 20.1 Å². The molecule has 0 radical (unpaired) electrons. The molecule has 0 heterocycles. The molecule has 0 aliphatic rings. The maximum atomic E-state index is 12.6. The average molecular weight is 440 g/mol. The van der Waals surface area contributed by atoms with E-state index in [0.29, 0.717) is 0 Å². The van der Waals surface area contributed by atoms with Gasteiger partial charge in [0.25, 0.3) is 0 Å². The summed E-state index contributed by atoms with van der Waals surface area (Å²) in [6, 6.07) is 17.4. The minimum atomic E-state index is -1.01. The second-order valence-electron chi connectivity index (χ2n) is 7.13. The number of rotatable bonds is 12. The first-order valence-electron chi connectivity index (χ1n) is 10.4. The topological polar surface area (TPSA) is 111 Å². The highest BCUT2D eigenvalue weighted by molar-refractivity contribution is 5.85. The molecule has 2 rings (SSSR count). The van der Waals surface area contributed by atoms with E-state index in [1.54, 1.807) is 0 Å². The van der Waals surface area contributed by atoms with Crippen LogP contribution >= 0.6 is 0 Å². The third-order valence-corrected chi connectivity index (χ3v) is 4.45. The number of amides is 2. The molecule has 0 bridgehead atoms. The van der Waals surface area contributed by atoms with Crippen LogP contribution < -0.4 is 10.6 Å². The van der Waals surface area contributed by atoms with Gasteiger partial charge in [0, 0.05) is 26.3 Å². The molecule has 32 heavy (non-hydrogen) atoms. The van der Waals surface area contributed by atoms with Crippen LogP contribution in [0.2, 0.25) is 0 Å². The number of esters is 2. The average Bonchev–Trinajstić information content (AvgIpc) is 2.80. The molecule has 0 aromatic heterocycles. The molecule has 0 aliphatic carbocycles. The number of nitrogens with one attached hydrogen (secondary N) is 2. The number of hydrogen-bond acceptors (Lipinski definition) is 6. The Morgan fingerprint density at radius 3 is 1.94 bits per heavy atom. The quantitative estimate of drug-likeness (QED) is 0.490. The molecule has 2 N–H and O–H groups in total. The molecule has 0 spiro atoms. The predicted molar refractivity (Wildman–Crippen MR) is 117 cm³/mol. The lowest BCUT2D eigenvalue weighted by Crippen LogP contribution is -2.43. The van der Waals surface area contributed by atoms with Crippen molar-refractivity contribution in [2.75, 3.05) is 6.54 Å². The zero-order valence-corrected chi connectivity index (χ0v) is 18.0. The van der Waals surface area contributed by atoms with E-state index in [-0.39, 0.29) is 44.9 Å². The molecule has 1 atom stereocenters. The van der Waals surface area contributed by atoms with Crippen molar-refractivity contribution in [2.45, 2.75) is 45.4 Å². The van der Waals surface area contributed by atoms with E-state index < -0.39 is 23.9 Å². The Balaban J connectivity index is 1.87. The Labute approximate surface area is 187 Å². The lowest BCUT2D eigenvalue weighted by atomic mass is 10.1. The van der Waals surface area contributed by atoms with Gasteiger partial charge in [-0.05, 0) is 17.5 Å². The number of ether oxygens (including phenoxy) is 2. The molecule has 0 unspecified atom stereocenters. The van der Waals surface area contributed by atoms with E-state index in [4.69, 9.17) is 9.47 Å². The smallest absolute Gasteiger partial charge is 0.328 e. The molecule has 170 valence electrons. The van der Waals surface area contributed by atoms with Gasteiger partial charge in [0.05, 0.1) is 0 Å². The highest BCUT2D eigenvalue weighted by Crippen LogP contribution is 2.08. The van der Waals surface area contributed by atoms with E-state index in [1.165, 1.54) is 6.92 Å². The fourth-order valence-corrected chi connectivity index (χ4v) is 2.77. The largest absolute Gasteiger partial charge is 0.461 e. The second-order valence-corrected chi connectivity index (χ2v) is 7.13. The molecule has 0 saturated carbocycles. The zero-order chi connectivity index (χ0) is 23.2. The van der Waals surface area contributed by atoms with Crippen molar-refractivity contribution in [1.29, 1.82) is 0 Å². The van der Waals surface area contributed by atoms with Crippen LogP contribution in [0.25, 0.3) is 0 Å². The first-order chi connectivity index (χ1) is 15.4. The number of hydrogen-bond donors (Lipinski definition) is 2. The maximum Gasteiger partial charge on any atom is 0.328 e. The molecule has 2 amide bonds. The lowest BCUT2D eigenvalue weighted by molar-refractivity contribution is -0.150. The standard InChI is InChI=1S/C24H28N2O6/c1-18(27)25-15-14-22(28)26-21(24(30)32-17-20-10-6-3-7-11-20)12-13-23(29)31-16-19-8-4-2-5-9-19/h2-11,21H,12-17H2,1H3,(H,25,27)(H,26,28)/t21-/m1/s1. The molecule has 0 aliphatic heterocycles. The molecule has 8 nitrogen and oxygen atoms in total. The van der Waals surface area contributed by atoms with Crippen LogP contribution in [0.15, 0.2) is 60.7 Å². The van der Waals surface area contributed by atoms with Crippen molar-refractivity contribution in [3.63, 3.8) is 0 Å². The van der Waals surface area contributed by atoms with Crippen molar-refractivity contribution in [1.82, 2.24) is 10.6 Å². The van der Waals surface area contributed by atoms with Gasteiger partial charge in [0.1, 0.15) is 19.3 Å².